The van der Waals surface area contributed by atoms with Crippen LogP contribution in [0, 0.1) is 0 Å². The van der Waals surface area contributed by atoms with Gasteiger partial charge in [-0.1, -0.05) is 41.1 Å². The summed E-state index contributed by atoms with van der Waals surface area (Å²) in [6, 6.07) is 7.72. The van der Waals surface area contributed by atoms with E-state index in [1.54, 1.807) is 6.07 Å². The zero-order valence-corrected chi connectivity index (χ0v) is 11.8. The molecule has 0 radical (unpaired) electrons. The number of rotatable bonds is 1. The number of alkyl halides is 1. The van der Waals surface area contributed by atoms with E-state index in [-0.39, 0.29) is 3.42 Å². The van der Waals surface area contributed by atoms with E-state index >= 15 is 0 Å². The van der Waals surface area contributed by atoms with Gasteiger partial charge in [0.1, 0.15) is 5.75 Å². The fraction of sp³-hybridized carbons (Fsp3) is 0.538. The molecular formula is C13H18INO. The average molecular weight is 331 g/mol. The van der Waals surface area contributed by atoms with Gasteiger partial charge in [-0.2, -0.15) is 0 Å². The Kier molecular flexibility index (Phi) is 3.74. The molecule has 0 saturated carbocycles. The van der Waals surface area contributed by atoms with Crippen LogP contribution in [0.2, 0.25) is 0 Å². The van der Waals surface area contributed by atoms with Gasteiger partial charge in [0.15, 0.2) is 0 Å². The first-order chi connectivity index (χ1) is 7.60. The van der Waals surface area contributed by atoms with Crippen LogP contribution in [0.25, 0.3) is 0 Å². The number of likely N-dealkylation sites (N-methyl/N-ethyl adjacent to an activating group) is 1. The maximum absolute atomic E-state index is 9.58. The summed E-state index contributed by atoms with van der Waals surface area (Å²) < 4.78 is 0.155. The van der Waals surface area contributed by atoms with Crippen LogP contribution in [-0.2, 0) is 3.42 Å². The minimum absolute atomic E-state index is 0.155. The second-order valence-corrected chi connectivity index (χ2v) is 6.78. The number of hydrogen-bond acceptors (Lipinski definition) is 2. The molecule has 1 aliphatic heterocycles. The lowest BCUT2D eigenvalue weighted by molar-refractivity contribution is 0.326. The summed E-state index contributed by atoms with van der Waals surface area (Å²) in [6.45, 7) is 2.25. The Hall–Kier alpha value is -0.290. The second-order valence-electron chi connectivity index (χ2n) is 4.71. The third-order valence-electron chi connectivity index (χ3n) is 3.25. The number of benzene rings is 1. The van der Waals surface area contributed by atoms with Crippen molar-refractivity contribution in [3.8, 4) is 5.75 Å². The predicted octanol–water partition coefficient (Wildman–Crippen LogP) is 3.14. The largest absolute Gasteiger partial charge is 0.508 e. The van der Waals surface area contributed by atoms with E-state index < -0.39 is 0 Å². The van der Waals surface area contributed by atoms with Gasteiger partial charge >= 0.3 is 0 Å². The maximum Gasteiger partial charge on any atom is 0.115 e. The number of halogens is 1. The van der Waals surface area contributed by atoms with Crippen molar-refractivity contribution in [2.75, 3.05) is 20.1 Å². The van der Waals surface area contributed by atoms with Crippen LogP contribution >= 0.6 is 22.6 Å². The molecule has 3 heteroatoms. The van der Waals surface area contributed by atoms with Crippen LogP contribution in [0.4, 0.5) is 0 Å². The minimum atomic E-state index is 0.155. The summed E-state index contributed by atoms with van der Waals surface area (Å²) >= 11 is 2.56. The van der Waals surface area contributed by atoms with Crippen molar-refractivity contribution in [3.05, 3.63) is 29.8 Å². The zero-order valence-electron chi connectivity index (χ0n) is 9.62. The van der Waals surface area contributed by atoms with Crippen LogP contribution in [0.3, 0.4) is 0 Å². The molecular weight excluding hydrogens is 313 g/mol. The third-order valence-corrected chi connectivity index (χ3v) is 4.75. The Morgan fingerprint density at radius 2 is 2.19 bits per heavy atom. The number of phenolic OH excluding ortho intramolecular Hbond substituents is 1. The SMILES string of the molecule is CN1CCCC[C@@](I)(c2cccc(O)c2)C1. The number of nitrogens with zero attached hydrogens (tertiary/aromatic N) is 1. The van der Waals surface area contributed by atoms with Crippen molar-refractivity contribution >= 4 is 22.6 Å². The standard InChI is InChI=1S/C13H18INO/c1-15-8-3-2-7-13(14,10-15)11-5-4-6-12(16)9-11/h4-6,9,16H,2-3,7-8,10H2,1H3/t13-/m0/s1. The third kappa shape index (κ3) is 2.69. The molecule has 0 amide bonds. The zero-order chi connectivity index (χ0) is 11.6. The first-order valence-electron chi connectivity index (χ1n) is 5.77. The van der Waals surface area contributed by atoms with E-state index in [4.69, 9.17) is 0 Å². The minimum Gasteiger partial charge on any atom is -0.508 e. The Bertz CT molecular complexity index is 369. The number of phenols is 1. The lowest BCUT2D eigenvalue weighted by atomic mass is 9.94. The van der Waals surface area contributed by atoms with E-state index in [2.05, 4.69) is 40.6 Å². The van der Waals surface area contributed by atoms with Crippen molar-refractivity contribution in [1.82, 2.24) is 4.90 Å². The van der Waals surface area contributed by atoms with E-state index in [0.717, 1.165) is 6.54 Å². The summed E-state index contributed by atoms with van der Waals surface area (Å²) in [5, 5.41) is 9.58. The summed E-state index contributed by atoms with van der Waals surface area (Å²) in [6.07, 6.45) is 3.74. The van der Waals surface area contributed by atoms with Gasteiger partial charge in [-0.3, -0.25) is 0 Å². The first-order valence-corrected chi connectivity index (χ1v) is 6.85. The highest BCUT2D eigenvalue weighted by Crippen LogP contribution is 2.40. The number of aromatic hydroxyl groups is 1. The molecule has 0 unspecified atom stereocenters. The monoisotopic (exact) mass is 331 g/mol. The smallest absolute Gasteiger partial charge is 0.115 e. The summed E-state index contributed by atoms with van der Waals surface area (Å²) in [4.78, 5) is 2.39. The highest BCUT2D eigenvalue weighted by molar-refractivity contribution is 14.1. The maximum atomic E-state index is 9.58. The van der Waals surface area contributed by atoms with E-state index in [9.17, 15) is 5.11 Å². The second kappa shape index (κ2) is 4.92. The number of likely N-dealkylation sites (tertiary alicyclic amines) is 1. The van der Waals surface area contributed by atoms with Crippen LogP contribution in [-0.4, -0.2) is 30.1 Å². The molecule has 1 aliphatic rings. The Morgan fingerprint density at radius 1 is 1.38 bits per heavy atom. The molecule has 1 saturated heterocycles. The Labute approximate surface area is 111 Å². The molecule has 0 bridgehead atoms. The summed E-state index contributed by atoms with van der Waals surface area (Å²) in [5.74, 6) is 0.375. The lowest BCUT2D eigenvalue weighted by Gasteiger charge is -2.30. The average Bonchev–Trinajstić information content (AvgIpc) is 2.41. The summed E-state index contributed by atoms with van der Waals surface area (Å²) in [7, 11) is 2.18. The van der Waals surface area contributed by atoms with Gasteiger partial charge in [-0.15, -0.1) is 0 Å². The predicted molar refractivity (Wildman–Crippen MR) is 75.2 cm³/mol. The molecule has 88 valence electrons. The van der Waals surface area contributed by atoms with Gasteiger partial charge in [0.2, 0.25) is 0 Å². The highest BCUT2D eigenvalue weighted by atomic mass is 127. The van der Waals surface area contributed by atoms with Crippen molar-refractivity contribution in [1.29, 1.82) is 0 Å². The highest BCUT2D eigenvalue weighted by Gasteiger charge is 2.31. The lowest BCUT2D eigenvalue weighted by Crippen LogP contribution is -2.32. The van der Waals surface area contributed by atoms with E-state index in [1.165, 1.54) is 31.4 Å². The van der Waals surface area contributed by atoms with Gasteiger partial charge in [-0.05, 0) is 44.1 Å². The van der Waals surface area contributed by atoms with Crippen molar-refractivity contribution in [2.24, 2.45) is 0 Å². The molecule has 1 N–H and O–H groups in total. The molecule has 1 heterocycles. The molecule has 1 aromatic carbocycles. The Morgan fingerprint density at radius 3 is 2.94 bits per heavy atom. The molecule has 1 fully saturated rings. The molecule has 1 aromatic rings. The fourth-order valence-electron chi connectivity index (χ4n) is 2.39. The van der Waals surface area contributed by atoms with Gasteiger partial charge in [0, 0.05) is 6.54 Å². The molecule has 0 spiro atoms. The van der Waals surface area contributed by atoms with E-state index in [1.807, 2.05) is 12.1 Å². The van der Waals surface area contributed by atoms with Crippen LogP contribution < -0.4 is 0 Å². The van der Waals surface area contributed by atoms with Crippen LogP contribution in [0.5, 0.6) is 5.75 Å². The normalized spacial score (nSPS) is 27.6. The summed E-state index contributed by atoms with van der Waals surface area (Å²) in [5.41, 5.74) is 1.25. The molecule has 0 aromatic heterocycles. The molecule has 2 rings (SSSR count). The van der Waals surface area contributed by atoms with Crippen LogP contribution in [0.1, 0.15) is 24.8 Å². The van der Waals surface area contributed by atoms with Gasteiger partial charge in [0.25, 0.3) is 0 Å². The molecule has 16 heavy (non-hydrogen) atoms. The topological polar surface area (TPSA) is 23.5 Å². The van der Waals surface area contributed by atoms with Gasteiger partial charge < -0.3 is 10.0 Å². The molecule has 0 aliphatic carbocycles. The van der Waals surface area contributed by atoms with Crippen molar-refractivity contribution < 1.29 is 5.11 Å². The van der Waals surface area contributed by atoms with E-state index in [0.29, 0.717) is 5.75 Å². The molecule has 1 atom stereocenters. The number of hydrogen-bond donors (Lipinski definition) is 1. The van der Waals surface area contributed by atoms with Gasteiger partial charge in [0.05, 0.1) is 3.42 Å². The van der Waals surface area contributed by atoms with Crippen molar-refractivity contribution in [2.45, 2.75) is 22.7 Å². The van der Waals surface area contributed by atoms with Crippen LogP contribution in [0.15, 0.2) is 24.3 Å². The van der Waals surface area contributed by atoms with Gasteiger partial charge in [-0.25, -0.2) is 0 Å². The molecule has 2 nitrogen and oxygen atoms in total. The quantitative estimate of drug-likeness (QED) is 0.631. The van der Waals surface area contributed by atoms with Crippen molar-refractivity contribution in [3.63, 3.8) is 0 Å². The Balaban J connectivity index is 2.28. The first kappa shape index (κ1) is 12.2. The fourth-order valence-corrected chi connectivity index (χ4v) is 3.69.